The molecule has 0 aliphatic rings. The van der Waals surface area contributed by atoms with E-state index in [4.69, 9.17) is 11.6 Å². The van der Waals surface area contributed by atoms with Gasteiger partial charge in [-0.15, -0.1) is 16.7 Å². The van der Waals surface area contributed by atoms with Crippen molar-refractivity contribution in [1.82, 2.24) is 29.5 Å². The molecule has 0 radical (unpaired) electrons. The first-order chi connectivity index (χ1) is 9.75. The van der Waals surface area contributed by atoms with E-state index in [0.29, 0.717) is 0 Å². The number of imidazole rings is 1. The summed E-state index contributed by atoms with van der Waals surface area (Å²) in [6.07, 6.45) is 8.03. The molecular formula is C13H15ClN6. The Morgan fingerprint density at radius 3 is 2.95 bits per heavy atom. The SMILES string of the molecule is CC(Cl)c1nc2cnccc2n1CCCn1ccnn1. The van der Waals surface area contributed by atoms with Gasteiger partial charge < -0.3 is 4.57 Å². The van der Waals surface area contributed by atoms with Gasteiger partial charge in [0.05, 0.1) is 23.3 Å². The van der Waals surface area contributed by atoms with Crippen LogP contribution in [0.3, 0.4) is 0 Å². The van der Waals surface area contributed by atoms with Gasteiger partial charge in [-0.25, -0.2) is 4.98 Å². The van der Waals surface area contributed by atoms with E-state index in [9.17, 15) is 0 Å². The number of aromatic nitrogens is 6. The fourth-order valence-electron chi connectivity index (χ4n) is 2.28. The van der Waals surface area contributed by atoms with Crippen LogP contribution in [0.5, 0.6) is 0 Å². The zero-order valence-corrected chi connectivity index (χ0v) is 11.9. The number of nitrogens with zero attached hydrogens (tertiary/aromatic N) is 6. The van der Waals surface area contributed by atoms with Crippen molar-refractivity contribution in [2.24, 2.45) is 0 Å². The van der Waals surface area contributed by atoms with Crippen LogP contribution in [0.25, 0.3) is 11.0 Å². The van der Waals surface area contributed by atoms with E-state index in [1.54, 1.807) is 18.6 Å². The topological polar surface area (TPSA) is 61.4 Å². The highest BCUT2D eigenvalue weighted by atomic mass is 35.5. The van der Waals surface area contributed by atoms with Crippen molar-refractivity contribution in [1.29, 1.82) is 0 Å². The van der Waals surface area contributed by atoms with Crippen LogP contribution in [-0.2, 0) is 13.1 Å². The summed E-state index contributed by atoms with van der Waals surface area (Å²) in [7, 11) is 0. The Morgan fingerprint density at radius 2 is 2.20 bits per heavy atom. The van der Waals surface area contributed by atoms with E-state index in [-0.39, 0.29) is 5.38 Å². The van der Waals surface area contributed by atoms with Crippen molar-refractivity contribution in [2.45, 2.75) is 31.8 Å². The lowest BCUT2D eigenvalue weighted by molar-refractivity contribution is 0.511. The molecule has 3 heterocycles. The summed E-state index contributed by atoms with van der Waals surface area (Å²) in [5, 5.41) is 7.63. The lowest BCUT2D eigenvalue weighted by Gasteiger charge is -2.10. The fraction of sp³-hybridized carbons (Fsp3) is 0.385. The minimum Gasteiger partial charge on any atom is -0.327 e. The molecule has 1 unspecified atom stereocenters. The highest BCUT2D eigenvalue weighted by Gasteiger charge is 2.14. The molecule has 0 spiro atoms. The maximum Gasteiger partial charge on any atom is 0.127 e. The Labute approximate surface area is 121 Å². The average Bonchev–Trinajstić information content (AvgIpc) is 3.07. The Balaban J connectivity index is 1.83. The molecule has 7 heteroatoms. The molecule has 20 heavy (non-hydrogen) atoms. The van der Waals surface area contributed by atoms with Gasteiger partial charge in [0, 0.05) is 25.5 Å². The molecule has 0 N–H and O–H groups in total. The Kier molecular flexibility index (Phi) is 3.64. The van der Waals surface area contributed by atoms with Crippen LogP contribution in [0.15, 0.2) is 30.9 Å². The van der Waals surface area contributed by atoms with Crippen molar-refractivity contribution in [3.8, 4) is 0 Å². The molecule has 0 saturated carbocycles. The minimum absolute atomic E-state index is 0.131. The number of hydrogen-bond donors (Lipinski definition) is 0. The van der Waals surface area contributed by atoms with Crippen LogP contribution in [0.1, 0.15) is 24.5 Å². The van der Waals surface area contributed by atoms with Crippen LogP contribution in [0.2, 0.25) is 0 Å². The lowest BCUT2D eigenvalue weighted by atomic mass is 10.3. The van der Waals surface area contributed by atoms with Crippen LogP contribution >= 0.6 is 11.6 Å². The number of hydrogen-bond acceptors (Lipinski definition) is 4. The molecule has 0 bridgehead atoms. The summed E-state index contributed by atoms with van der Waals surface area (Å²) >= 11 is 6.23. The summed E-state index contributed by atoms with van der Waals surface area (Å²) in [5.74, 6) is 0.883. The zero-order chi connectivity index (χ0) is 13.9. The van der Waals surface area contributed by atoms with Gasteiger partial charge in [0.2, 0.25) is 0 Å². The summed E-state index contributed by atoms with van der Waals surface area (Å²) < 4.78 is 3.98. The lowest BCUT2D eigenvalue weighted by Crippen LogP contribution is -2.08. The van der Waals surface area contributed by atoms with Gasteiger partial charge >= 0.3 is 0 Å². The van der Waals surface area contributed by atoms with Gasteiger partial charge in [0.25, 0.3) is 0 Å². The first kappa shape index (κ1) is 13.1. The second-order valence-electron chi connectivity index (χ2n) is 4.62. The third-order valence-electron chi connectivity index (χ3n) is 3.18. The zero-order valence-electron chi connectivity index (χ0n) is 11.1. The molecule has 0 aromatic carbocycles. The molecule has 0 fully saturated rings. The molecule has 0 amide bonds. The summed E-state index contributed by atoms with van der Waals surface area (Å²) in [4.78, 5) is 8.67. The molecule has 0 aliphatic heterocycles. The maximum atomic E-state index is 6.23. The maximum absolute atomic E-state index is 6.23. The van der Waals surface area contributed by atoms with Crippen LogP contribution < -0.4 is 0 Å². The molecule has 1 atom stereocenters. The average molecular weight is 291 g/mol. The number of aryl methyl sites for hydroxylation is 2. The van der Waals surface area contributed by atoms with Crippen molar-refractivity contribution in [3.63, 3.8) is 0 Å². The van der Waals surface area contributed by atoms with Crippen molar-refractivity contribution < 1.29 is 0 Å². The molecule has 104 valence electrons. The quantitative estimate of drug-likeness (QED) is 0.677. The van der Waals surface area contributed by atoms with Gasteiger partial charge in [-0.05, 0) is 19.4 Å². The normalized spacial score (nSPS) is 12.9. The van der Waals surface area contributed by atoms with Gasteiger partial charge in [0.1, 0.15) is 11.3 Å². The first-order valence-corrected chi connectivity index (χ1v) is 6.97. The molecule has 0 saturated heterocycles. The van der Waals surface area contributed by atoms with E-state index in [2.05, 4.69) is 24.8 Å². The number of rotatable bonds is 5. The number of alkyl halides is 1. The third-order valence-corrected chi connectivity index (χ3v) is 3.37. The minimum atomic E-state index is -0.131. The number of fused-ring (bicyclic) bond motifs is 1. The van der Waals surface area contributed by atoms with E-state index in [1.165, 1.54) is 0 Å². The van der Waals surface area contributed by atoms with Crippen molar-refractivity contribution >= 4 is 22.6 Å². The smallest absolute Gasteiger partial charge is 0.127 e. The number of pyridine rings is 1. The van der Waals surface area contributed by atoms with Crippen LogP contribution in [0.4, 0.5) is 0 Å². The first-order valence-electron chi connectivity index (χ1n) is 6.54. The van der Waals surface area contributed by atoms with Crippen LogP contribution in [-0.4, -0.2) is 29.5 Å². The Bertz CT molecular complexity index is 688. The van der Waals surface area contributed by atoms with Crippen molar-refractivity contribution in [3.05, 3.63) is 36.7 Å². The molecular weight excluding hydrogens is 276 g/mol. The van der Waals surface area contributed by atoms with Gasteiger partial charge in [-0.3, -0.25) is 9.67 Å². The molecule has 3 rings (SSSR count). The molecule has 6 nitrogen and oxygen atoms in total. The molecule has 3 aromatic heterocycles. The second-order valence-corrected chi connectivity index (χ2v) is 5.28. The summed E-state index contributed by atoms with van der Waals surface area (Å²) in [5.41, 5.74) is 1.96. The highest BCUT2D eigenvalue weighted by Crippen LogP contribution is 2.24. The van der Waals surface area contributed by atoms with Gasteiger partial charge in [-0.1, -0.05) is 5.21 Å². The summed E-state index contributed by atoms with van der Waals surface area (Å²) in [6, 6.07) is 1.97. The molecule has 3 aromatic rings. The summed E-state index contributed by atoms with van der Waals surface area (Å²) in [6.45, 7) is 3.59. The predicted molar refractivity (Wildman–Crippen MR) is 76.4 cm³/mol. The monoisotopic (exact) mass is 290 g/mol. The largest absolute Gasteiger partial charge is 0.327 e. The van der Waals surface area contributed by atoms with Crippen LogP contribution in [0, 0.1) is 0 Å². The van der Waals surface area contributed by atoms with Gasteiger partial charge in [0.15, 0.2) is 0 Å². The Hall–Kier alpha value is -1.95. The second kappa shape index (κ2) is 5.58. The van der Waals surface area contributed by atoms with E-state index < -0.39 is 0 Å². The van der Waals surface area contributed by atoms with E-state index in [0.717, 1.165) is 36.4 Å². The standard InChI is InChI=1S/C13H15ClN6/c1-10(14)13-17-11-9-15-4-3-12(11)20(13)7-2-6-19-8-5-16-18-19/h3-5,8-10H,2,6-7H2,1H3. The fourth-order valence-corrected chi connectivity index (χ4v) is 2.45. The predicted octanol–water partition coefficient (Wildman–Crippen LogP) is 2.41. The van der Waals surface area contributed by atoms with E-state index >= 15 is 0 Å². The van der Waals surface area contributed by atoms with Crippen molar-refractivity contribution in [2.75, 3.05) is 0 Å². The Morgan fingerprint density at radius 1 is 1.30 bits per heavy atom. The molecule has 0 aliphatic carbocycles. The van der Waals surface area contributed by atoms with E-state index in [1.807, 2.05) is 23.9 Å². The van der Waals surface area contributed by atoms with Gasteiger partial charge in [-0.2, -0.15) is 0 Å². The highest BCUT2D eigenvalue weighted by molar-refractivity contribution is 6.20. The number of halogens is 1. The third kappa shape index (κ3) is 2.51.